The molecular weight excluding hydrogens is 312 g/mol. The van der Waals surface area contributed by atoms with Gasteiger partial charge in [-0.2, -0.15) is 0 Å². The number of hydrogen-bond acceptors (Lipinski definition) is 6. The number of pyridine rings is 1. The lowest BCUT2D eigenvalue weighted by Crippen LogP contribution is -2.05. The molecule has 2 heterocycles. The molecule has 0 saturated heterocycles. The van der Waals surface area contributed by atoms with E-state index in [2.05, 4.69) is 25.6 Å². The average molecular weight is 327 g/mol. The van der Waals surface area contributed by atoms with Crippen molar-refractivity contribution in [3.8, 4) is 0 Å². The number of halogens is 1. The molecule has 0 atom stereocenters. The molecule has 0 radical (unpaired) electrons. The van der Waals surface area contributed by atoms with Gasteiger partial charge in [-0.15, -0.1) is 0 Å². The summed E-state index contributed by atoms with van der Waals surface area (Å²) >= 11 is 6.04. The van der Waals surface area contributed by atoms with Gasteiger partial charge in [0.25, 0.3) is 0 Å². The summed E-state index contributed by atoms with van der Waals surface area (Å²) in [4.78, 5) is 12.4. The highest BCUT2D eigenvalue weighted by Crippen LogP contribution is 2.30. The van der Waals surface area contributed by atoms with Crippen molar-refractivity contribution in [2.75, 3.05) is 16.4 Å². The van der Waals surface area contributed by atoms with Gasteiger partial charge in [0.05, 0.1) is 5.69 Å². The first-order valence-electron chi connectivity index (χ1n) is 6.95. The Labute approximate surface area is 138 Å². The van der Waals surface area contributed by atoms with E-state index in [9.17, 15) is 0 Å². The van der Waals surface area contributed by atoms with E-state index < -0.39 is 0 Å². The van der Waals surface area contributed by atoms with Crippen LogP contribution in [0.3, 0.4) is 0 Å². The zero-order chi connectivity index (χ0) is 16.2. The van der Waals surface area contributed by atoms with Gasteiger partial charge < -0.3 is 16.4 Å². The first-order valence-corrected chi connectivity index (χ1v) is 7.33. The highest BCUT2D eigenvalue weighted by atomic mass is 35.5. The summed E-state index contributed by atoms with van der Waals surface area (Å²) in [5, 5.41) is 6.60. The van der Waals surface area contributed by atoms with Crippen LogP contribution in [0.4, 0.5) is 28.7 Å². The standard InChI is InChI=1S/C16H15ClN6/c1-10-4-2-5-11(8-10)22-15-13(18)16(21-9-20-15)23-12-6-3-7-19-14(12)17/h2-9H,18H2,1H3,(H2,20,21,22,23). The van der Waals surface area contributed by atoms with E-state index in [1.807, 2.05) is 31.2 Å². The fraction of sp³-hybridized carbons (Fsp3) is 0.0625. The summed E-state index contributed by atoms with van der Waals surface area (Å²) < 4.78 is 0. The third-order valence-corrected chi connectivity index (χ3v) is 3.48. The number of nitrogens with two attached hydrogens (primary N) is 1. The second kappa shape index (κ2) is 6.50. The van der Waals surface area contributed by atoms with Gasteiger partial charge >= 0.3 is 0 Å². The summed E-state index contributed by atoms with van der Waals surface area (Å²) in [6.45, 7) is 2.02. The largest absolute Gasteiger partial charge is 0.393 e. The van der Waals surface area contributed by atoms with Crippen LogP contribution in [0.25, 0.3) is 0 Å². The Morgan fingerprint density at radius 2 is 1.78 bits per heavy atom. The molecule has 116 valence electrons. The van der Waals surface area contributed by atoms with Crippen molar-refractivity contribution >= 4 is 40.3 Å². The third kappa shape index (κ3) is 3.49. The molecule has 7 heteroatoms. The summed E-state index contributed by atoms with van der Waals surface area (Å²) in [7, 11) is 0. The molecule has 0 bridgehead atoms. The highest BCUT2D eigenvalue weighted by Gasteiger charge is 2.10. The molecule has 3 aromatic rings. The smallest absolute Gasteiger partial charge is 0.159 e. The van der Waals surface area contributed by atoms with E-state index in [-0.39, 0.29) is 0 Å². The van der Waals surface area contributed by atoms with Crippen molar-refractivity contribution in [3.05, 3.63) is 59.6 Å². The van der Waals surface area contributed by atoms with Crippen LogP contribution in [0.1, 0.15) is 5.56 Å². The number of aromatic nitrogens is 3. The second-order valence-corrected chi connectivity index (χ2v) is 5.30. The highest BCUT2D eigenvalue weighted by molar-refractivity contribution is 6.32. The van der Waals surface area contributed by atoms with Gasteiger partial charge in [-0.3, -0.25) is 0 Å². The molecule has 0 aliphatic rings. The van der Waals surface area contributed by atoms with Gasteiger partial charge in [0, 0.05) is 11.9 Å². The van der Waals surface area contributed by atoms with Crippen LogP contribution in [0.2, 0.25) is 5.15 Å². The summed E-state index contributed by atoms with van der Waals surface area (Å²) in [6, 6.07) is 11.5. The van der Waals surface area contributed by atoms with Gasteiger partial charge in [0.1, 0.15) is 12.0 Å². The van der Waals surface area contributed by atoms with Crippen molar-refractivity contribution in [1.82, 2.24) is 15.0 Å². The Morgan fingerprint density at radius 3 is 2.52 bits per heavy atom. The lowest BCUT2D eigenvalue weighted by Gasteiger charge is -2.13. The van der Waals surface area contributed by atoms with Crippen LogP contribution in [0, 0.1) is 6.92 Å². The van der Waals surface area contributed by atoms with E-state index in [4.69, 9.17) is 17.3 Å². The Hall–Kier alpha value is -2.86. The van der Waals surface area contributed by atoms with Crippen LogP contribution in [-0.2, 0) is 0 Å². The number of benzene rings is 1. The molecule has 0 aliphatic heterocycles. The minimum absolute atomic E-state index is 0.346. The van der Waals surface area contributed by atoms with E-state index >= 15 is 0 Å². The fourth-order valence-electron chi connectivity index (χ4n) is 2.06. The summed E-state index contributed by atoms with van der Waals surface area (Å²) in [6.07, 6.45) is 3.04. The molecule has 0 amide bonds. The number of hydrogen-bond donors (Lipinski definition) is 3. The van der Waals surface area contributed by atoms with Crippen LogP contribution in [0.15, 0.2) is 48.9 Å². The molecule has 3 rings (SSSR count). The van der Waals surface area contributed by atoms with E-state index in [1.54, 1.807) is 18.3 Å². The second-order valence-electron chi connectivity index (χ2n) is 4.95. The number of aryl methyl sites for hydroxylation is 1. The quantitative estimate of drug-likeness (QED) is 0.630. The van der Waals surface area contributed by atoms with Crippen molar-refractivity contribution in [1.29, 1.82) is 0 Å². The van der Waals surface area contributed by atoms with Crippen LogP contribution in [0.5, 0.6) is 0 Å². The van der Waals surface area contributed by atoms with Crippen molar-refractivity contribution in [2.24, 2.45) is 0 Å². The van der Waals surface area contributed by atoms with E-state index in [0.29, 0.717) is 28.2 Å². The Kier molecular flexibility index (Phi) is 4.25. The first-order chi connectivity index (χ1) is 11.1. The van der Waals surface area contributed by atoms with Gasteiger partial charge in [-0.05, 0) is 36.8 Å². The molecule has 23 heavy (non-hydrogen) atoms. The van der Waals surface area contributed by atoms with E-state index in [0.717, 1.165) is 11.3 Å². The Morgan fingerprint density at radius 1 is 1.00 bits per heavy atom. The minimum atomic E-state index is 0.346. The van der Waals surface area contributed by atoms with Crippen LogP contribution >= 0.6 is 11.6 Å². The third-order valence-electron chi connectivity index (χ3n) is 3.18. The van der Waals surface area contributed by atoms with Gasteiger partial charge in [-0.1, -0.05) is 23.7 Å². The molecule has 4 N–H and O–H groups in total. The lowest BCUT2D eigenvalue weighted by molar-refractivity contribution is 1.17. The lowest BCUT2D eigenvalue weighted by atomic mass is 10.2. The fourth-order valence-corrected chi connectivity index (χ4v) is 2.23. The molecule has 6 nitrogen and oxygen atoms in total. The normalized spacial score (nSPS) is 10.3. The number of anilines is 5. The predicted molar refractivity (Wildman–Crippen MR) is 93.4 cm³/mol. The molecule has 0 saturated carbocycles. The zero-order valence-electron chi connectivity index (χ0n) is 12.4. The predicted octanol–water partition coefficient (Wildman–Crippen LogP) is 3.90. The van der Waals surface area contributed by atoms with Crippen molar-refractivity contribution < 1.29 is 0 Å². The molecule has 0 fully saturated rings. The molecule has 0 aliphatic carbocycles. The molecular formula is C16H15ClN6. The monoisotopic (exact) mass is 326 g/mol. The Bertz CT molecular complexity index is 836. The molecule has 1 aromatic carbocycles. The summed E-state index contributed by atoms with van der Waals surface area (Å²) in [5.41, 5.74) is 9.22. The maximum atomic E-state index is 6.15. The van der Waals surface area contributed by atoms with Crippen LogP contribution < -0.4 is 16.4 Å². The SMILES string of the molecule is Cc1cccc(Nc2ncnc(Nc3cccnc3Cl)c2N)c1. The maximum Gasteiger partial charge on any atom is 0.159 e. The topological polar surface area (TPSA) is 88.8 Å². The zero-order valence-corrected chi connectivity index (χ0v) is 13.2. The summed E-state index contributed by atoms with van der Waals surface area (Å²) in [5.74, 6) is 0.984. The van der Waals surface area contributed by atoms with Crippen molar-refractivity contribution in [2.45, 2.75) is 6.92 Å². The minimum Gasteiger partial charge on any atom is -0.393 e. The van der Waals surface area contributed by atoms with E-state index in [1.165, 1.54) is 6.33 Å². The van der Waals surface area contributed by atoms with Gasteiger partial charge in [0.15, 0.2) is 16.8 Å². The number of nitrogen functional groups attached to an aromatic ring is 1. The van der Waals surface area contributed by atoms with Gasteiger partial charge in [0.2, 0.25) is 0 Å². The van der Waals surface area contributed by atoms with Gasteiger partial charge in [-0.25, -0.2) is 15.0 Å². The average Bonchev–Trinajstić information content (AvgIpc) is 2.53. The Balaban J connectivity index is 1.88. The number of nitrogens with zero attached hydrogens (tertiary/aromatic N) is 3. The molecule has 2 aromatic heterocycles. The molecule has 0 unspecified atom stereocenters. The van der Waals surface area contributed by atoms with Crippen LogP contribution in [-0.4, -0.2) is 15.0 Å². The first kappa shape index (κ1) is 15.1. The molecule has 0 spiro atoms. The number of rotatable bonds is 4. The van der Waals surface area contributed by atoms with Crippen molar-refractivity contribution in [3.63, 3.8) is 0 Å². The number of nitrogens with one attached hydrogen (secondary N) is 2. The maximum absolute atomic E-state index is 6.15.